The van der Waals surface area contributed by atoms with Crippen LogP contribution in [-0.4, -0.2) is 10.1 Å². The fourth-order valence-electron chi connectivity index (χ4n) is 0.982. The Morgan fingerprint density at radius 2 is 2.29 bits per heavy atom. The lowest BCUT2D eigenvalue weighted by Gasteiger charge is -2.07. The van der Waals surface area contributed by atoms with E-state index in [9.17, 15) is 8.78 Å². The molecule has 0 aliphatic heterocycles. The minimum Gasteiger partial charge on any atom is -0.390 e. The third-order valence-corrected chi connectivity index (χ3v) is 2.23. The molecular weight excluding hydrogens is 258 g/mol. The average molecular weight is 263 g/mol. The SMILES string of the molecule is N#Cc1cc(Br)c(C(F)F)c(CO)n1. The zero-order valence-electron chi connectivity index (χ0n) is 6.84. The van der Waals surface area contributed by atoms with Crippen LogP contribution in [0.15, 0.2) is 10.5 Å². The summed E-state index contributed by atoms with van der Waals surface area (Å²) in [5.41, 5.74) is -0.553. The Labute approximate surface area is 87.1 Å². The summed E-state index contributed by atoms with van der Waals surface area (Å²) in [6, 6.07) is 2.91. The molecule has 0 radical (unpaired) electrons. The predicted molar refractivity (Wildman–Crippen MR) is 47.5 cm³/mol. The van der Waals surface area contributed by atoms with Crippen molar-refractivity contribution < 1.29 is 13.9 Å². The molecule has 0 aliphatic rings. The van der Waals surface area contributed by atoms with Crippen LogP contribution in [0.25, 0.3) is 0 Å². The van der Waals surface area contributed by atoms with Gasteiger partial charge in [0.2, 0.25) is 0 Å². The van der Waals surface area contributed by atoms with E-state index in [1.54, 1.807) is 6.07 Å². The lowest BCUT2D eigenvalue weighted by Crippen LogP contribution is -2.01. The van der Waals surface area contributed by atoms with E-state index >= 15 is 0 Å². The lowest BCUT2D eigenvalue weighted by atomic mass is 10.2. The van der Waals surface area contributed by atoms with Crippen LogP contribution in [0.1, 0.15) is 23.4 Å². The van der Waals surface area contributed by atoms with Gasteiger partial charge in [-0.05, 0) is 6.07 Å². The molecule has 0 atom stereocenters. The van der Waals surface area contributed by atoms with Crippen LogP contribution in [0.2, 0.25) is 0 Å². The van der Waals surface area contributed by atoms with Gasteiger partial charge in [0, 0.05) is 4.47 Å². The van der Waals surface area contributed by atoms with E-state index in [2.05, 4.69) is 20.9 Å². The average Bonchev–Trinajstić information content (AvgIpc) is 2.15. The van der Waals surface area contributed by atoms with Gasteiger partial charge < -0.3 is 5.11 Å². The van der Waals surface area contributed by atoms with Gasteiger partial charge in [-0.3, -0.25) is 0 Å². The van der Waals surface area contributed by atoms with E-state index < -0.39 is 13.0 Å². The summed E-state index contributed by atoms with van der Waals surface area (Å²) < 4.78 is 25.0. The summed E-state index contributed by atoms with van der Waals surface area (Å²) in [7, 11) is 0. The van der Waals surface area contributed by atoms with Crippen molar-refractivity contribution in [3.63, 3.8) is 0 Å². The molecule has 0 bridgehead atoms. The summed E-state index contributed by atoms with van der Waals surface area (Å²) in [5.74, 6) is 0. The maximum absolute atomic E-state index is 12.4. The second-order valence-corrected chi connectivity index (χ2v) is 3.27. The summed E-state index contributed by atoms with van der Waals surface area (Å²) in [6.07, 6.45) is -2.73. The third-order valence-electron chi connectivity index (χ3n) is 1.57. The monoisotopic (exact) mass is 262 g/mol. The molecule has 1 aromatic heterocycles. The number of rotatable bonds is 2. The molecular formula is C8H5BrF2N2O. The van der Waals surface area contributed by atoms with E-state index in [0.29, 0.717) is 0 Å². The Balaban J connectivity index is 3.36. The maximum atomic E-state index is 12.4. The molecule has 1 N–H and O–H groups in total. The van der Waals surface area contributed by atoms with Crippen molar-refractivity contribution >= 4 is 15.9 Å². The van der Waals surface area contributed by atoms with Crippen LogP contribution < -0.4 is 0 Å². The number of nitriles is 1. The number of aliphatic hydroxyl groups excluding tert-OH is 1. The molecule has 3 nitrogen and oxygen atoms in total. The molecule has 1 heterocycles. The summed E-state index contributed by atoms with van der Waals surface area (Å²) in [4.78, 5) is 3.57. The minimum atomic E-state index is -2.73. The van der Waals surface area contributed by atoms with Gasteiger partial charge in [0.1, 0.15) is 11.8 Å². The van der Waals surface area contributed by atoms with E-state index in [-0.39, 0.29) is 21.4 Å². The minimum absolute atomic E-state index is 0.00896. The normalized spacial score (nSPS) is 10.3. The Morgan fingerprint density at radius 3 is 2.71 bits per heavy atom. The molecule has 0 fully saturated rings. The molecule has 0 aliphatic carbocycles. The third kappa shape index (κ3) is 2.05. The van der Waals surface area contributed by atoms with Crippen LogP contribution in [0.3, 0.4) is 0 Å². The quantitative estimate of drug-likeness (QED) is 0.889. The zero-order chi connectivity index (χ0) is 10.7. The molecule has 1 aromatic rings. The Bertz CT molecular complexity index is 390. The number of nitrogens with zero attached hydrogens (tertiary/aromatic N) is 2. The number of hydrogen-bond donors (Lipinski definition) is 1. The zero-order valence-corrected chi connectivity index (χ0v) is 8.42. The highest BCUT2D eigenvalue weighted by Gasteiger charge is 2.18. The van der Waals surface area contributed by atoms with Gasteiger partial charge in [-0.1, -0.05) is 15.9 Å². The fraction of sp³-hybridized carbons (Fsp3) is 0.250. The van der Waals surface area contributed by atoms with Crippen molar-refractivity contribution in [1.29, 1.82) is 5.26 Å². The smallest absolute Gasteiger partial charge is 0.266 e. The van der Waals surface area contributed by atoms with E-state index in [4.69, 9.17) is 10.4 Å². The van der Waals surface area contributed by atoms with E-state index in [1.165, 1.54) is 6.07 Å². The largest absolute Gasteiger partial charge is 0.390 e. The fourth-order valence-corrected chi connectivity index (χ4v) is 1.60. The first-order valence-corrected chi connectivity index (χ1v) is 4.38. The second kappa shape index (κ2) is 4.44. The van der Waals surface area contributed by atoms with Crippen LogP contribution in [0.5, 0.6) is 0 Å². The second-order valence-electron chi connectivity index (χ2n) is 2.42. The standard InChI is InChI=1S/C8H5BrF2N2O/c9-5-1-4(2-12)13-6(3-14)7(5)8(10)11/h1,8,14H,3H2. The van der Waals surface area contributed by atoms with Crippen molar-refractivity contribution in [2.45, 2.75) is 13.0 Å². The molecule has 0 amide bonds. The first kappa shape index (κ1) is 11.0. The summed E-state index contributed by atoms with van der Waals surface area (Å²) in [6.45, 7) is -0.617. The Hall–Kier alpha value is -1.06. The van der Waals surface area contributed by atoms with Crippen molar-refractivity contribution in [2.75, 3.05) is 0 Å². The van der Waals surface area contributed by atoms with Gasteiger partial charge in [0.25, 0.3) is 6.43 Å². The molecule has 0 aromatic carbocycles. The Morgan fingerprint density at radius 1 is 1.64 bits per heavy atom. The predicted octanol–water partition coefficient (Wildman–Crippen LogP) is 2.15. The van der Waals surface area contributed by atoms with Crippen LogP contribution in [0.4, 0.5) is 8.78 Å². The summed E-state index contributed by atoms with van der Waals surface area (Å²) in [5, 5.41) is 17.3. The lowest BCUT2D eigenvalue weighted by molar-refractivity contribution is 0.145. The molecule has 14 heavy (non-hydrogen) atoms. The first-order valence-electron chi connectivity index (χ1n) is 3.58. The van der Waals surface area contributed by atoms with Crippen molar-refractivity contribution in [1.82, 2.24) is 4.98 Å². The molecule has 0 unspecified atom stereocenters. The number of hydrogen-bond acceptors (Lipinski definition) is 3. The number of aromatic nitrogens is 1. The Kier molecular flexibility index (Phi) is 3.49. The van der Waals surface area contributed by atoms with Crippen molar-refractivity contribution in [3.8, 4) is 6.07 Å². The van der Waals surface area contributed by atoms with Crippen LogP contribution in [-0.2, 0) is 6.61 Å². The van der Waals surface area contributed by atoms with Gasteiger partial charge in [0.15, 0.2) is 0 Å². The highest BCUT2D eigenvalue weighted by molar-refractivity contribution is 9.10. The maximum Gasteiger partial charge on any atom is 0.266 e. The highest BCUT2D eigenvalue weighted by Crippen LogP contribution is 2.30. The molecule has 6 heteroatoms. The number of halogens is 3. The van der Waals surface area contributed by atoms with Gasteiger partial charge in [0.05, 0.1) is 17.9 Å². The number of pyridine rings is 1. The van der Waals surface area contributed by atoms with Crippen molar-refractivity contribution in [2.24, 2.45) is 0 Å². The highest BCUT2D eigenvalue weighted by atomic mass is 79.9. The molecule has 0 spiro atoms. The summed E-state index contributed by atoms with van der Waals surface area (Å²) >= 11 is 2.90. The van der Waals surface area contributed by atoms with Gasteiger partial charge in [-0.25, -0.2) is 13.8 Å². The van der Waals surface area contributed by atoms with Gasteiger partial charge in [-0.15, -0.1) is 0 Å². The number of aliphatic hydroxyl groups is 1. The van der Waals surface area contributed by atoms with Crippen LogP contribution in [0, 0.1) is 11.3 Å². The molecule has 0 saturated carbocycles. The van der Waals surface area contributed by atoms with Crippen molar-refractivity contribution in [3.05, 3.63) is 27.5 Å². The molecule has 0 saturated heterocycles. The molecule has 74 valence electrons. The number of alkyl halides is 2. The molecule has 1 rings (SSSR count). The topological polar surface area (TPSA) is 56.9 Å². The van der Waals surface area contributed by atoms with E-state index in [1.807, 2.05) is 0 Å². The first-order chi connectivity index (χ1) is 6.60. The van der Waals surface area contributed by atoms with E-state index in [0.717, 1.165) is 0 Å². The van der Waals surface area contributed by atoms with Gasteiger partial charge >= 0.3 is 0 Å². The van der Waals surface area contributed by atoms with Gasteiger partial charge in [-0.2, -0.15) is 5.26 Å². The van der Waals surface area contributed by atoms with Crippen LogP contribution >= 0.6 is 15.9 Å².